The number of nitrogens with zero attached hydrogens (tertiary/aromatic N) is 2. The van der Waals surface area contributed by atoms with Gasteiger partial charge in [0, 0.05) is 25.7 Å². The van der Waals surface area contributed by atoms with Crippen molar-refractivity contribution in [3.63, 3.8) is 0 Å². The van der Waals surface area contributed by atoms with Gasteiger partial charge in [0.15, 0.2) is 0 Å². The zero-order valence-corrected chi connectivity index (χ0v) is 12.0. The quantitative estimate of drug-likeness (QED) is 0.630. The standard InChI is InChI=1S/C16H15FN2O3/c1-18(11-13-2-6-14(17)7-3-13)16(20)10-12-4-8-15(9-5-12)19(21)22/h2-9H,10-11H2,1H3. The zero-order valence-electron chi connectivity index (χ0n) is 12.0. The number of rotatable bonds is 5. The third-order valence-corrected chi connectivity index (χ3v) is 3.26. The Morgan fingerprint density at radius 2 is 1.64 bits per heavy atom. The van der Waals surface area contributed by atoms with E-state index in [1.807, 2.05) is 0 Å². The van der Waals surface area contributed by atoms with Crippen molar-refractivity contribution < 1.29 is 14.1 Å². The number of likely N-dealkylation sites (N-methyl/N-ethyl adjacent to an activating group) is 1. The summed E-state index contributed by atoms with van der Waals surface area (Å²) in [5.74, 6) is -0.429. The Balaban J connectivity index is 1.95. The van der Waals surface area contributed by atoms with E-state index in [2.05, 4.69) is 0 Å². The topological polar surface area (TPSA) is 63.5 Å². The molecule has 1 amide bonds. The second-order valence-corrected chi connectivity index (χ2v) is 4.98. The normalized spacial score (nSPS) is 10.3. The molecule has 6 heteroatoms. The summed E-state index contributed by atoms with van der Waals surface area (Å²) in [5, 5.41) is 10.6. The number of hydrogen-bond donors (Lipinski definition) is 0. The number of nitro benzene ring substituents is 1. The molecule has 2 aromatic carbocycles. The number of carbonyl (C=O) groups excluding carboxylic acids is 1. The van der Waals surface area contributed by atoms with Crippen LogP contribution in [0.3, 0.4) is 0 Å². The molecule has 0 aromatic heterocycles. The molecule has 0 heterocycles. The molecule has 0 radical (unpaired) electrons. The van der Waals surface area contributed by atoms with Gasteiger partial charge >= 0.3 is 0 Å². The molecule has 0 aliphatic rings. The molecule has 0 saturated carbocycles. The Morgan fingerprint density at radius 1 is 1.09 bits per heavy atom. The van der Waals surface area contributed by atoms with Gasteiger partial charge in [-0.05, 0) is 23.3 Å². The van der Waals surface area contributed by atoms with Gasteiger partial charge in [-0.3, -0.25) is 14.9 Å². The summed E-state index contributed by atoms with van der Waals surface area (Å²) in [5.41, 5.74) is 1.54. The lowest BCUT2D eigenvalue weighted by Gasteiger charge is -2.17. The molecule has 0 saturated heterocycles. The molecule has 0 aliphatic carbocycles. The number of nitro groups is 1. The van der Waals surface area contributed by atoms with Crippen LogP contribution in [0.4, 0.5) is 10.1 Å². The third kappa shape index (κ3) is 4.12. The summed E-state index contributed by atoms with van der Waals surface area (Å²) in [4.78, 5) is 23.8. The fourth-order valence-electron chi connectivity index (χ4n) is 2.00. The van der Waals surface area contributed by atoms with Crippen molar-refractivity contribution >= 4 is 11.6 Å². The van der Waals surface area contributed by atoms with Gasteiger partial charge < -0.3 is 4.90 Å². The number of non-ortho nitro benzene ring substituents is 1. The summed E-state index contributed by atoms with van der Waals surface area (Å²) < 4.78 is 12.8. The Labute approximate surface area is 127 Å². The van der Waals surface area contributed by atoms with Crippen LogP contribution in [0.2, 0.25) is 0 Å². The van der Waals surface area contributed by atoms with Crippen LogP contribution in [0.5, 0.6) is 0 Å². The Kier molecular flexibility index (Phi) is 4.83. The number of carbonyl (C=O) groups is 1. The average molecular weight is 302 g/mol. The summed E-state index contributed by atoms with van der Waals surface area (Å²) in [6.07, 6.45) is 0.162. The predicted octanol–water partition coefficient (Wildman–Crippen LogP) is 2.94. The van der Waals surface area contributed by atoms with Crippen LogP contribution >= 0.6 is 0 Å². The molecule has 0 spiro atoms. The van der Waals surface area contributed by atoms with E-state index in [4.69, 9.17) is 0 Å². The van der Waals surface area contributed by atoms with E-state index in [0.29, 0.717) is 12.1 Å². The number of hydrogen-bond acceptors (Lipinski definition) is 3. The van der Waals surface area contributed by atoms with Gasteiger partial charge in [-0.2, -0.15) is 0 Å². The van der Waals surface area contributed by atoms with Crippen LogP contribution in [0, 0.1) is 15.9 Å². The van der Waals surface area contributed by atoms with Crippen LogP contribution < -0.4 is 0 Å². The Bertz CT molecular complexity index is 669. The Morgan fingerprint density at radius 3 is 2.18 bits per heavy atom. The van der Waals surface area contributed by atoms with E-state index in [1.54, 1.807) is 31.3 Å². The summed E-state index contributed by atoms with van der Waals surface area (Å²) in [6, 6.07) is 11.9. The van der Waals surface area contributed by atoms with Gasteiger partial charge in [0.05, 0.1) is 11.3 Å². The molecule has 0 atom stereocenters. The average Bonchev–Trinajstić information content (AvgIpc) is 2.50. The number of halogens is 1. The maximum Gasteiger partial charge on any atom is 0.269 e. The second-order valence-electron chi connectivity index (χ2n) is 4.98. The van der Waals surface area contributed by atoms with Crippen molar-refractivity contribution in [3.05, 3.63) is 75.6 Å². The molecular weight excluding hydrogens is 287 g/mol. The van der Waals surface area contributed by atoms with E-state index >= 15 is 0 Å². The first-order valence-corrected chi connectivity index (χ1v) is 6.67. The Hall–Kier alpha value is -2.76. The first-order chi connectivity index (χ1) is 10.5. The second kappa shape index (κ2) is 6.80. The van der Waals surface area contributed by atoms with E-state index in [1.165, 1.54) is 29.2 Å². The maximum atomic E-state index is 12.8. The monoisotopic (exact) mass is 302 g/mol. The molecule has 0 unspecified atom stereocenters. The molecular formula is C16H15FN2O3. The lowest BCUT2D eigenvalue weighted by molar-refractivity contribution is -0.384. The molecule has 0 bridgehead atoms. The van der Waals surface area contributed by atoms with Gasteiger partial charge in [0.25, 0.3) is 5.69 Å². The molecule has 2 aromatic rings. The summed E-state index contributed by atoms with van der Waals surface area (Å²) >= 11 is 0. The van der Waals surface area contributed by atoms with Crippen molar-refractivity contribution in [2.45, 2.75) is 13.0 Å². The maximum absolute atomic E-state index is 12.8. The van der Waals surface area contributed by atoms with Gasteiger partial charge in [-0.15, -0.1) is 0 Å². The largest absolute Gasteiger partial charge is 0.341 e. The van der Waals surface area contributed by atoms with E-state index in [0.717, 1.165) is 5.56 Å². The minimum Gasteiger partial charge on any atom is -0.341 e. The highest BCUT2D eigenvalue weighted by Gasteiger charge is 2.11. The van der Waals surface area contributed by atoms with E-state index < -0.39 is 4.92 Å². The van der Waals surface area contributed by atoms with Crippen molar-refractivity contribution in [1.82, 2.24) is 4.90 Å². The van der Waals surface area contributed by atoms with Crippen LogP contribution in [0.25, 0.3) is 0 Å². The van der Waals surface area contributed by atoms with Gasteiger partial charge in [0.1, 0.15) is 5.82 Å². The van der Waals surface area contributed by atoms with Crippen molar-refractivity contribution in [1.29, 1.82) is 0 Å². The lowest BCUT2D eigenvalue weighted by Crippen LogP contribution is -2.27. The van der Waals surface area contributed by atoms with Crippen molar-refractivity contribution in [3.8, 4) is 0 Å². The smallest absolute Gasteiger partial charge is 0.269 e. The third-order valence-electron chi connectivity index (χ3n) is 3.26. The number of benzene rings is 2. The lowest BCUT2D eigenvalue weighted by atomic mass is 10.1. The highest BCUT2D eigenvalue weighted by atomic mass is 19.1. The fourth-order valence-corrected chi connectivity index (χ4v) is 2.00. The first kappa shape index (κ1) is 15.6. The molecule has 22 heavy (non-hydrogen) atoms. The molecule has 5 nitrogen and oxygen atoms in total. The molecule has 0 N–H and O–H groups in total. The molecule has 0 fully saturated rings. The first-order valence-electron chi connectivity index (χ1n) is 6.67. The van der Waals surface area contributed by atoms with E-state index in [9.17, 15) is 19.3 Å². The highest BCUT2D eigenvalue weighted by Crippen LogP contribution is 2.13. The molecule has 0 aliphatic heterocycles. The van der Waals surface area contributed by atoms with Crippen molar-refractivity contribution in [2.24, 2.45) is 0 Å². The summed E-state index contributed by atoms with van der Waals surface area (Å²) in [7, 11) is 1.66. The number of amides is 1. The van der Waals surface area contributed by atoms with Crippen LogP contribution in [-0.2, 0) is 17.8 Å². The van der Waals surface area contributed by atoms with Crippen LogP contribution in [0.1, 0.15) is 11.1 Å². The van der Waals surface area contributed by atoms with Crippen molar-refractivity contribution in [2.75, 3.05) is 7.05 Å². The minimum absolute atomic E-state index is 0.00383. The van der Waals surface area contributed by atoms with Crippen LogP contribution in [-0.4, -0.2) is 22.8 Å². The highest BCUT2D eigenvalue weighted by molar-refractivity contribution is 5.78. The van der Waals surface area contributed by atoms with Crippen LogP contribution in [0.15, 0.2) is 48.5 Å². The summed E-state index contributed by atoms with van der Waals surface area (Å²) in [6.45, 7) is 0.381. The fraction of sp³-hybridized carbons (Fsp3) is 0.188. The van der Waals surface area contributed by atoms with E-state index in [-0.39, 0.29) is 23.8 Å². The van der Waals surface area contributed by atoms with Gasteiger partial charge in [-0.25, -0.2) is 4.39 Å². The van der Waals surface area contributed by atoms with Gasteiger partial charge in [0.2, 0.25) is 5.91 Å². The molecule has 2 rings (SSSR count). The van der Waals surface area contributed by atoms with Gasteiger partial charge in [-0.1, -0.05) is 24.3 Å². The zero-order chi connectivity index (χ0) is 16.1. The molecule has 114 valence electrons. The SMILES string of the molecule is CN(Cc1ccc(F)cc1)C(=O)Cc1ccc([N+](=O)[O-])cc1. The minimum atomic E-state index is -0.480. The predicted molar refractivity (Wildman–Crippen MR) is 79.7 cm³/mol.